The number of aromatic nitrogens is 3. The molecule has 13 heteroatoms. The van der Waals surface area contributed by atoms with E-state index in [2.05, 4.69) is 15.3 Å². The number of anilines is 1. The number of hydrogen-bond acceptors (Lipinski definition) is 9. The fourth-order valence-corrected chi connectivity index (χ4v) is 5.23. The predicted octanol–water partition coefficient (Wildman–Crippen LogP) is 5.27. The molecule has 0 unspecified atom stereocenters. The minimum atomic E-state index is -3.77. The number of nitrogens with zero attached hydrogens (tertiary/aromatic N) is 4. The number of amides is 1. The molecule has 1 N–H and O–H groups in total. The quantitative estimate of drug-likeness (QED) is 0.259. The molecule has 0 saturated heterocycles. The summed E-state index contributed by atoms with van der Waals surface area (Å²) >= 11 is 0. The second kappa shape index (κ2) is 10.5. The Morgan fingerprint density at radius 2 is 1.84 bits per heavy atom. The molecule has 0 atom stereocenters. The second-order valence-electron chi connectivity index (χ2n) is 9.61. The van der Waals surface area contributed by atoms with Gasteiger partial charge in [-0.05, 0) is 48.5 Å². The van der Waals surface area contributed by atoms with Crippen LogP contribution in [0.1, 0.15) is 10.4 Å². The van der Waals surface area contributed by atoms with Crippen LogP contribution in [-0.2, 0) is 10.0 Å². The first-order valence-corrected chi connectivity index (χ1v) is 14.7. The maximum atomic E-state index is 13.7. The lowest BCUT2D eigenvalue weighted by molar-refractivity contribution is 0.0964. The summed E-state index contributed by atoms with van der Waals surface area (Å²) in [6.45, 7) is 0. The van der Waals surface area contributed by atoms with Crippen molar-refractivity contribution in [1.29, 1.82) is 0 Å². The number of furan rings is 2. The molecule has 6 aromatic rings. The number of rotatable bonds is 7. The van der Waals surface area contributed by atoms with Crippen LogP contribution < -0.4 is 14.4 Å². The van der Waals surface area contributed by atoms with E-state index in [9.17, 15) is 17.6 Å². The number of methoxy groups -OCH3 is 1. The number of carbonyl (C=O) groups excluding carboxylic acids is 1. The van der Waals surface area contributed by atoms with Gasteiger partial charge in [0.25, 0.3) is 5.91 Å². The number of benzene rings is 2. The number of hydrogen-bond donors (Lipinski definition) is 1. The summed E-state index contributed by atoms with van der Waals surface area (Å²) in [5.74, 6) is 0.0819. The minimum absolute atomic E-state index is 0.129. The van der Waals surface area contributed by atoms with Gasteiger partial charge in [-0.15, -0.1) is 0 Å². The number of sulfonamides is 1. The molecule has 2 aromatic carbocycles. The van der Waals surface area contributed by atoms with Gasteiger partial charge in [0, 0.05) is 48.3 Å². The monoisotopic (exact) mass is 601 g/mol. The first kappa shape index (κ1) is 27.8. The molecule has 43 heavy (non-hydrogen) atoms. The van der Waals surface area contributed by atoms with Gasteiger partial charge in [0.1, 0.15) is 17.2 Å². The zero-order valence-electron chi connectivity index (χ0n) is 23.4. The van der Waals surface area contributed by atoms with Gasteiger partial charge in [-0.1, -0.05) is 0 Å². The van der Waals surface area contributed by atoms with Gasteiger partial charge >= 0.3 is 0 Å². The largest absolute Gasteiger partial charge is 0.493 e. The van der Waals surface area contributed by atoms with Crippen LogP contribution in [0.5, 0.6) is 5.75 Å². The Balaban J connectivity index is 1.64. The molecule has 11 nitrogen and oxygen atoms in total. The van der Waals surface area contributed by atoms with E-state index in [1.54, 1.807) is 24.4 Å². The highest BCUT2D eigenvalue weighted by molar-refractivity contribution is 7.92. The standard InChI is InChI=1S/C30H24FN5O6S/c1-32-29(37)25-20-13-19(28-34-15-24(40-3)26(35-28)23-12-17-6-5-11-33-30(17)42-23)21(36(2)43(4,38)39)14-22(20)41-27(25)16-7-9-18(31)10-8-16/h5-15H,1-4H3,(H,32,37). The lowest BCUT2D eigenvalue weighted by atomic mass is 10.0. The van der Waals surface area contributed by atoms with Crippen molar-refractivity contribution in [3.8, 4) is 39.9 Å². The lowest BCUT2D eigenvalue weighted by Crippen LogP contribution is -2.25. The van der Waals surface area contributed by atoms with Gasteiger partial charge in [0.05, 0.1) is 30.8 Å². The summed E-state index contributed by atoms with van der Waals surface area (Å²) in [6, 6.07) is 14.0. The van der Waals surface area contributed by atoms with Crippen LogP contribution in [0.4, 0.5) is 10.1 Å². The third kappa shape index (κ3) is 4.93. The molecule has 4 heterocycles. The number of halogens is 1. The molecule has 0 aliphatic heterocycles. The van der Waals surface area contributed by atoms with Crippen molar-refractivity contribution in [2.45, 2.75) is 0 Å². The average molecular weight is 602 g/mol. The van der Waals surface area contributed by atoms with Crippen molar-refractivity contribution < 1.29 is 31.2 Å². The zero-order chi connectivity index (χ0) is 30.5. The van der Waals surface area contributed by atoms with Gasteiger partial charge < -0.3 is 18.9 Å². The summed E-state index contributed by atoms with van der Waals surface area (Å²) in [4.78, 5) is 26.6. The average Bonchev–Trinajstić information content (AvgIpc) is 3.61. The second-order valence-corrected chi connectivity index (χ2v) is 11.6. The molecule has 218 valence electrons. The highest BCUT2D eigenvalue weighted by Crippen LogP contribution is 2.41. The molecule has 1 amide bonds. The Labute approximate surface area is 245 Å². The van der Waals surface area contributed by atoms with Crippen LogP contribution in [0.2, 0.25) is 0 Å². The van der Waals surface area contributed by atoms with Crippen LogP contribution >= 0.6 is 0 Å². The summed E-state index contributed by atoms with van der Waals surface area (Å²) < 4.78 is 57.8. The van der Waals surface area contributed by atoms with E-state index in [0.717, 1.165) is 15.9 Å². The maximum absolute atomic E-state index is 13.7. The van der Waals surface area contributed by atoms with E-state index in [-0.39, 0.29) is 34.0 Å². The topological polar surface area (TPSA) is 141 Å². The highest BCUT2D eigenvalue weighted by atomic mass is 32.2. The van der Waals surface area contributed by atoms with Crippen molar-refractivity contribution in [3.05, 3.63) is 78.4 Å². The summed E-state index contributed by atoms with van der Waals surface area (Å²) in [5.41, 5.74) is 2.05. The molecule has 0 radical (unpaired) electrons. The molecule has 0 bridgehead atoms. The summed E-state index contributed by atoms with van der Waals surface area (Å²) in [7, 11) is 0.566. The van der Waals surface area contributed by atoms with Crippen molar-refractivity contribution in [1.82, 2.24) is 20.3 Å². The van der Waals surface area contributed by atoms with Gasteiger partial charge in [-0.2, -0.15) is 0 Å². The SMILES string of the molecule is CNC(=O)c1c(-c2ccc(F)cc2)oc2cc(N(C)S(C)(=O)=O)c(-c3ncc(OC)c(-c4cc5cccnc5o4)n3)cc12. The lowest BCUT2D eigenvalue weighted by Gasteiger charge is -2.20. The number of fused-ring (bicyclic) bond motifs is 2. The maximum Gasteiger partial charge on any atom is 0.255 e. The Morgan fingerprint density at radius 3 is 2.51 bits per heavy atom. The van der Waals surface area contributed by atoms with E-state index in [0.29, 0.717) is 33.9 Å². The molecular formula is C30H24FN5O6S. The number of nitrogens with one attached hydrogen (secondary N) is 1. The van der Waals surface area contributed by atoms with Gasteiger partial charge in [0.15, 0.2) is 23.0 Å². The van der Waals surface area contributed by atoms with Crippen LogP contribution in [0.3, 0.4) is 0 Å². The Morgan fingerprint density at radius 1 is 1.07 bits per heavy atom. The normalized spacial score (nSPS) is 11.7. The number of pyridine rings is 1. The summed E-state index contributed by atoms with van der Waals surface area (Å²) in [6.07, 6.45) is 4.12. The first-order chi connectivity index (χ1) is 20.6. The molecule has 0 spiro atoms. The summed E-state index contributed by atoms with van der Waals surface area (Å²) in [5, 5.41) is 3.73. The van der Waals surface area contributed by atoms with E-state index in [4.69, 9.17) is 18.6 Å². The number of carbonyl (C=O) groups is 1. The Bertz CT molecular complexity index is 2110. The fraction of sp³-hybridized carbons (Fsp3) is 0.133. The van der Waals surface area contributed by atoms with Crippen LogP contribution in [0.25, 0.3) is 56.2 Å². The molecule has 0 aliphatic rings. The van der Waals surface area contributed by atoms with Crippen molar-refractivity contribution in [2.75, 3.05) is 31.8 Å². The predicted molar refractivity (Wildman–Crippen MR) is 159 cm³/mol. The van der Waals surface area contributed by atoms with E-state index >= 15 is 0 Å². The van der Waals surface area contributed by atoms with E-state index in [1.165, 1.54) is 57.7 Å². The van der Waals surface area contributed by atoms with E-state index < -0.39 is 21.7 Å². The van der Waals surface area contributed by atoms with Crippen molar-refractivity contribution >= 4 is 43.7 Å². The van der Waals surface area contributed by atoms with Crippen LogP contribution in [0.15, 0.2) is 75.8 Å². The molecule has 0 fully saturated rings. The minimum Gasteiger partial charge on any atom is -0.493 e. The van der Waals surface area contributed by atoms with Crippen LogP contribution in [-0.4, -0.2) is 56.7 Å². The van der Waals surface area contributed by atoms with Crippen molar-refractivity contribution in [3.63, 3.8) is 0 Å². The third-order valence-electron chi connectivity index (χ3n) is 6.95. The number of ether oxygens (including phenoxy) is 1. The third-order valence-corrected chi connectivity index (χ3v) is 8.14. The smallest absolute Gasteiger partial charge is 0.255 e. The molecular weight excluding hydrogens is 577 g/mol. The first-order valence-electron chi connectivity index (χ1n) is 12.9. The molecule has 4 aromatic heterocycles. The van der Waals surface area contributed by atoms with Crippen LogP contribution in [0, 0.1) is 5.82 Å². The molecule has 0 aliphatic carbocycles. The van der Waals surface area contributed by atoms with Gasteiger partial charge in [0.2, 0.25) is 15.7 Å². The zero-order valence-corrected chi connectivity index (χ0v) is 24.2. The highest BCUT2D eigenvalue weighted by Gasteiger charge is 2.27. The fourth-order valence-electron chi connectivity index (χ4n) is 4.72. The Kier molecular flexibility index (Phi) is 6.81. The van der Waals surface area contributed by atoms with Gasteiger partial charge in [-0.25, -0.2) is 27.8 Å². The van der Waals surface area contributed by atoms with Crippen molar-refractivity contribution in [2.24, 2.45) is 0 Å². The Hall–Kier alpha value is -5.30. The van der Waals surface area contributed by atoms with Gasteiger partial charge in [-0.3, -0.25) is 9.10 Å². The van der Waals surface area contributed by atoms with E-state index in [1.807, 2.05) is 6.07 Å². The molecule has 0 saturated carbocycles. The molecule has 6 rings (SSSR count).